The molecule has 0 aliphatic carbocycles. The lowest BCUT2D eigenvalue weighted by atomic mass is 9.94. The Hall–Kier alpha value is -1.00. The minimum Gasteiger partial charge on any atom is -0.480 e. The molecule has 0 aliphatic heterocycles. The zero-order chi connectivity index (χ0) is 10.8. The van der Waals surface area contributed by atoms with Gasteiger partial charge < -0.3 is 10.8 Å². The monoisotopic (exact) mass is 211 g/mol. The molecule has 0 radical (unpaired) electrons. The third-order valence-corrected chi connectivity index (χ3v) is 2.84. The number of hydrogen-bond acceptors (Lipinski definition) is 3. The molecular weight excluding hydrogens is 198 g/mol. The Balaban J connectivity index is 3.12. The van der Waals surface area contributed by atoms with E-state index in [1.165, 1.54) is 6.92 Å². The molecule has 1 atom stereocenters. The molecule has 4 heteroatoms. The van der Waals surface area contributed by atoms with Crippen LogP contribution >= 0.6 is 11.8 Å². The fourth-order valence-electron chi connectivity index (χ4n) is 1.07. The second-order valence-electron chi connectivity index (χ2n) is 3.24. The molecule has 1 aromatic rings. The summed E-state index contributed by atoms with van der Waals surface area (Å²) in [6, 6.07) is 7.27. The first-order valence-electron chi connectivity index (χ1n) is 4.15. The van der Waals surface area contributed by atoms with E-state index in [2.05, 4.69) is 0 Å². The summed E-state index contributed by atoms with van der Waals surface area (Å²) in [6.07, 6.45) is 1.94. The molecule has 0 saturated heterocycles. The summed E-state index contributed by atoms with van der Waals surface area (Å²) in [5.41, 5.74) is 5.00. The van der Waals surface area contributed by atoms with E-state index in [4.69, 9.17) is 10.8 Å². The van der Waals surface area contributed by atoms with Crippen LogP contribution in [0.15, 0.2) is 29.2 Å². The average molecular weight is 211 g/mol. The predicted octanol–water partition coefficient (Wildman–Crippen LogP) is 1.67. The van der Waals surface area contributed by atoms with E-state index < -0.39 is 11.5 Å². The topological polar surface area (TPSA) is 63.3 Å². The van der Waals surface area contributed by atoms with Gasteiger partial charge in [-0.15, -0.1) is 11.8 Å². The van der Waals surface area contributed by atoms with Gasteiger partial charge in [0.2, 0.25) is 0 Å². The van der Waals surface area contributed by atoms with Crippen LogP contribution in [0.25, 0.3) is 0 Å². The molecule has 0 heterocycles. The minimum atomic E-state index is -1.31. The average Bonchev–Trinajstić information content (AvgIpc) is 2.17. The van der Waals surface area contributed by atoms with E-state index in [0.717, 1.165) is 4.90 Å². The maximum atomic E-state index is 10.9. The van der Waals surface area contributed by atoms with E-state index in [9.17, 15) is 4.79 Å². The molecule has 0 aromatic heterocycles. The fraction of sp³-hybridized carbons (Fsp3) is 0.300. The maximum absolute atomic E-state index is 10.9. The second-order valence-corrected chi connectivity index (χ2v) is 4.12. The van der Waals surface area contributed by atoms with Crippen LogP contribution in [0.3, 0.4) is 0 Å². The summed E-state index contributed by atoms with van der Waals surface area (Å²) in [5.74, 6) is -1.02. The number of benzene rings is 1. The highest BCUT2D eigenvalue weighted by Gasteiger charge is 2.30. The Morgan fingerprint density at radius 1 is 1.57 bits per heavy atom. The molecule has 1 rings (SSSR count). The van der Waals surface area contributed by atoms with Crippen LogP contribution in [0.1, 0.15) is 12.5 Å². The molecule has 3 nitrogen and oxygen atoms in total. The zero-order valence-corrected chi connectivity index (χ0v) is 8.97. The van der Waals surface area contributed by atoms with Gasteiger partial charge in [-0.25, -0.2) is 4.79 Å². The fourth-order valence-corrected chi connectivity index (χ4v) is 1.53. The maximum Gasteiger partial charge on any atom is 0.328 e. The third kappa shape index (κ3) is 2.08. The van der Waals surface area contributed by atoms with Gasteiger partial charge in [-0.1, -0.05) is 12.1 Å². The van der Waals surface area contributed by atoms with Crippen molar-refractivity contribution in [3.63, 3.8) is 0 Å². The molecule has 0 saturated carbocycles. The summed E-state index contributed by atoms with van der Waals surface area (Å²) < 4.78 is 0. The number of carbonyl (C=O) groups is 1. The van der Waals surface area contributed by atoms with Crippen molar-refractivity contribution in [1.82, 2.24) is 0 Å². The van der Waals surface area contributed by atoms with Gasteiger partial charge in [0.15, 0.2) is 0 Å². The molecule has 0 spiro atoms. The molecule has 0 amide bonds. The van der Waals surface area contributed by atoms with Crippen molar-refractivity contribution in [2.24, 2.45) is 5.73 Å². The first-order valence-corrected chi connectivity index (χ1v) is 5.37. The van der Waals surface area contributed by atoms with Crippen LogP contribution in [-0.2, 0) is 10.3 Å². The van der Waals surface area contributed by atoms with Crippen molar-refractivity contribution >= 4 is 17.7 Å². The second kappa shape index (κ2) is 4.02. The summed E-state index contributed by atoms with van der Waals surface area (Å²) in [6.45, 7) is 1.49. The van der Waals surface area contributed by atoms with Crippen LogP contribution in [0, 0.1) is 0 Å². The van der Waals surface area contributed by atoms with Crippen molar-refractivity contribution < 1.29 is 9.90 Å². The first-order chi connectivity index (χ1) is 6.48. The minimum absolute atomic E-state index is 0.622. The number of aliphatic carboxylic acids is 1. The van der Waals surface area contributed by atoms with Gasteiger partial charge in [0, 0.05) is 4.90 Å². The molecule has 3 N–H and O–H groups in total. The molecule has 14 heavy (non-hydrogen) atoms. The van der Waals surface area contributed by atoms with Crippen LogP contribution in [0.2, 0.25) is 0 Å². The van der Waals surface area contributed by atoms with Crippen molar-refractivity contribution in [3.8, 4) is 0 Å². The van der Waals surface area contributed by atoms with Crippen molar-refractivity contribution in [3.05, 3.63) is 29.8 Å². The Morgan fingerprint density at radius 3 is 2.71 bits per heavy atom. The van der Waals surface area contributed by atoms with Crippen LogP contribution in [0.5, 0.6) is 0 Å². The lowest BCUT2D eigenvalue weighted by Gasteiger charge is -2.19. The molecule has 0 unspecified atom stereocenters. The lowest BCUT2D eigenvalue weighted by Crippen LogP contribution is -2.41. The molecular formula is C10H13NO2S. The van der Waals surface area contributed by atoms with Crippen LogP contribution in [0.4, 0.5) is 0 Å². The van der Waals surface area contributed by atoms with Gasteiger partial charge in [0.25, 0.3) is 0 Å². The van der Waals surface area contributed by atoms with Gasteiger partial charge >= 0.3 is 5.97 Å². The van der Waals surface area contributed by atoms with Crippen molar-refractivity contribution in [2.45, 2.75) is 17.4 Å². The number of hydrogen-bond donors (Lipinski definition) is 2. The van der Waals surface area contributed by atoms with E-state index in [1.807, 2.05) is 18.4 Å². The Labute approximate surface area is 87.3 Å². The SMILES string of the molecule is CSc1cccc([C@](C)(N)C(=O)O)c1. The molecule has 0 aliphatic rings. The number of rotatable bonds is 3. The van der Waals surface area contributed by atoms with E-state index in [1.54, 1.807) is 23.9 Å². The summed E-state index contributed by atoms with van der Waals surface area (Å²) in [4.78, 5) is 11.9. The molecule has 0 bridgehead atoms. The molecule has 1 aromatic carbocycles. The van der Waals surface area contributed by atoms with Gasteiger partial charge in [-0.05, 0) is 30.9 Å². The van der Waals surface area contributed by atoms with E-state index in [-0.39, 0.29) is 0 Å². The number of thioether (sulfide) groups is 1. The predicted molar refractivity (Wildman–Crippen MR) is 57.4 cm³/mol. The number of nitrogens with two attached hydrogens (primary N) is 1. The highest BCUT2D eigenvalue weighted by molar-refractivity contribution is 7.98. The first kappa shape index (κ1) is 11.1. The van der Waals surface area contributed by atoms with Crippen LogP contribution < -0.4 is 5.73 Å². The zero-order valence-electron chi connectivity index (χ0n) is 8.15. The standard InChI is InChI=1S/C10H13NO2S/c1-10(11,9(12)13)7-4-3-5-8(6-7)14-2/h3-6H,11H2,1-2H3,(H,12,13)/t10-/m0/s1. The number of carboxylic acids is 1. The highest BCUT2D eigenvalue weighted by atomic mass is 32.2. The van der Waals surface area contributed by atoms with Gasteiger partial charge in [0.1, 0.15) is 5.54 Å². The summed E-state index contributed by atoms with van der Waals surface area (Å²) in [7, 11) is 0. The van der Waals surface area contributed by atoms with Crippen LogP contribution in [-0.4, -0.2) is 17.3 Å². The highest BCUT2D eigenvalue weighted by Crippen LogP contribution is 2.23. The quantitative estimate of drug-likeness (QED) is 0.746. The van der Waals surface area contributed by atoms with Gasteiger partial charge in [-0.2, -0.15) is 0 Å². The van der Waals surface area contributed by atoms with E-state index in [0.29, 0.717) is 5.56 Å². The van der Waals surface area contributed by atoms with Gasteiger partial charge in [-0.3, -0.25) is 0 Å². The van der Waals surface area contributed by atoms with Crippen molar-refractivity contribution in [2.75, 3.05) is 6.26 Å². The number of carboxylic acid groups (broad SMARTS) is 1. The Bertz CT molecular complexity index is 350. The smallest absolute Gasteiger partial charge is 0.328 e. The molecule has 0 fully saturated rings. The van der Waals surface area contributed by atoms with Gasteiger partial charge in [0.05, 0.1) is 0 Å². The summed E-state index contributed by atoms with van der Waals surface area (Å²) >= 11 is 1.56. The lowest BCUT2D eigenvalue weighted by molar-refractivity contribution is -0.143. The van der Waals surface area contributed by atoms with Crippen molar-refractivity contribution in [1.29, 1.82) is 0 Å². The largest absolute Gasteiger partial charge is 0.480 e. The normalized spacial score (nSPS) is 14.8. The molecule has 76 valence electrons. The van der Waals surface area contributed by atoms with E-state index >= 15 is 0 Å². The third-order valence-electron chi connectivity index (χ3n) is 2.11. The summed E-state index contributed by atoms with van der Waals surface area (Å²) in [5, 5.41) is 8.93. The Morgan fingerprint density at radius 2 is 2.21 bits per heavy atom. The Kier molecular flexibility index (Phi) is 3.18.